The van der Waals surface area contributed by atoms with Crippen molar-refractivity contribution in [3.05, 3.63) is 53.6 Å². The molecular weight excluding hydrogens is 318 g/mol. The van der Waals surface area contributed by atoms with Crippen LogP contribution in [0.3, 0.4) is 0 Å². The summed E-state index contributed by atoms with van der Waals surface area (Å²) < 4.78 is 35.2. The Morgan fingerprint density at radius 3 is 2.43 bits per heavy atom. The van der Waals surface area contributed by atoms with Crippen LogP contribution in [0.5, 0.6) is 11.5 Å². The molecule has 2 aromatic carbocycles. The average Bonchev–Trinajstić information content (AvgIpc) is 2.51. The highest BCUT2D eigenvalue weighted by Crippen LogP contribution is 2.30. The van der Waals surface area contributed by atoms with Gasteiger partial charge in [0.05, 0.1) is 12.8 Å². The van der Waals surface area contributed by atoms with E-state index in [1.54, 1.807) is 25.1 Å². The van der Waals surface area contributed by atoms with Gasteiger partial charge in [-0.1, -0.05) is 22.9 Å². The van der Waals surface area contributed by atoms with Crippen molar-refractivity contribution in [1.82, 2.24) is 0 Å². The normalized spacial score (nSPS) is 11.6. The molecule has 0 atom stereocenters. The van der Waals surface area contributed by atoms with Crippen molar-refractivity contribution >= 4 is 16.3 Å². The number of oxime groups is 1. The number of ether oxygens (including phenoxy) is 1. The molecule has 0 heterocycles. The van der Waals surface area contributed by atoms with E-state index >= 15 is 0 Å². The molecule has 0 bridgehead atoms. The van der Waals surface area contributed by atoms with Crippen LogP contribution in [0.2, 0.25) is 0 Å². The lowest BCUT2D eigenvalue weighted by atomic mass is 10.2. The van der Waals surface area contributed by atoms with Crippen LogP contribution in [-0.2, 0) is 10.1 Å². The first-order valence-corrected chi connectivity index (χ1v) is 8.32. The van der Waals surface area contributed by atoms with Crippen LogP contribution in [0.25, 0.3) is 0 Å². The van der Waals surface area contributed by atoms with Crippen LogP contribution in [0.1, 0.15) is 18.1 Å². The van der Waals surface area contributed by atoms with E-state index in [1.165, 1.54) is 30.5 Å². The Hall–Kier alpha value is -2.54. The molecule has 0 aliphatic heterocycles. The molecule has 7 heteroatoms. The predicted octanol–water partition coefficient (Wildman–Crippen LogP) is 2.97. The monoisotopic (exact) mass is 335 g/mol. The maximum atomic E-state index is 12.3. The van der Waals surface area contributed by atoms with Crippen molar-refractivity contribution in [2.75, 3.05) is 6.61 Å². The zero-order chi connectivity index (χ0) is 16.9. The number of hydrogen-bond donors (Lipinski definition) is 1. The molecule has 0 saturated carbocycles. The third-order valence-electron chi connectivity index (χ3n) is 2.98. The summed E-state index contributed by atoms with van der Waals surface area (Å²) in [6.45, 7) is 3.97. The molecule has 0 unspecified atom stereocenters. The number of hydrogen-bond acceptors (Lipinski definition) is 6. The Labute approximate surface area is 135 Å². The van der Waals surface area contributed by atoms with Crippen molar-refractivity contribution in [3.8, 4) is 11.5 Å². The second-order valence-corrected chi connectivity index (χ2v) is 6.28. The Morgan fingerprint density at radius 1 is 1.13 bits per heavy atom. The maximum Gasteiger partial charge on any atom is 0.339 e. The lowest BCUT2D eigenvalue weighted by Gasteiger charge is -2.12. The quantitative estimate of drug-likeness (QED) is 0.380. The number of nitrogens with zero attached hydrogens (tertiary/aromatic N) is 1. The smallest absolute Gasteiger partial charge is 0.339 e. The van der Waals surface area contributed by atoms with Gasteiger partial charge < -0.3 is 14.1 Å². The largest absolute Gasteiger partial charge is 0.490 e. The zero-order valence-corrected chi connectivity index (χ0v) is 13.6. The number of aryl methyl sites for hydroxylation is 1. The molecule has 0 spiro atoms. The first-order valence-electron chi connectivity index (χ1n) is 6.91. The SMILES string of the molecule is CCOc1cc(C=NO)ccc1OS(=O)(=O)c1ccc(C)cc1. The topological polar surface area (TPSA) is 85.2 Å². The molecule has 23 heavy (non-hydrogen) atoms. The Bertz CT molecular complexity index is 798. The highest BCUT2D eigenvalue weighted by molar-refractivity contribution is 7.87. The third kappa shape index (κ3) is 4.23. The van der Waals surface area contributed by atoms with E-state index in [9.17, 15) is 8.42 Å². The highest BCUT2D eigenvalue weighted by atomic mass is 32.2. The molecule has 0 aliphatic carbocycles. The van der Waals surface area contributed by atoms with Gasteiger partial charge >= 0.3 is 10.1 Å². The minimum Gasteiger partial charge on any atom is -0.490 e. The molecule has 0 radical (unpaired) electrons. The van der Waals surface area contributed by atoms with Gasteiger partial charge in [0, 0.05) is 5.56 Å². The summed E-state index contributed by atoms with van der Waals surface area (Å²) in [6, 6.07) is 10.9. The second-order valence-electron chi connectivity index (χ2n) is 4.73. The van der Waals surface area contributed by atoms with Gasteiger partial charge in [0.1, 0.15) is 4.90 Å². The van der Waals surface area contributed by atoms with Crippen LogP contribution in [0, 0.1) is 6.92 Å². The maximum absolute atomic E-state index is 12.3. The van der Waals surface area contributed by atoms with Crippen molar-refractivity contribution < 1.29 is 22.5 Å². The molecule has 0 aromatic heterocycles. The van der Waals surface area contributed by atoms with Gasteiger partial charge in [-0.05, 0) is 44.2 Å². The number of benzene rings is 2. The van der Waals surface area contributed by atoms with Crippen LogP contribution < -0.4 is 8.92 Å². The summed E-state index contributed by atoms with van der Waals surface area (Å²) >= 11 is 0. The molecule has 0 saturated heterocycles. The fourth-order valence-electron chi connectivity index (χ4n) is 1.88. The Balaban J connectivity index is 2.36. The lowest BCUT2D eigenvalue weighted by Crippen LogP contribution is -2.11. The van der Waals surface area contributed by atoms with Crippen molar-refractivity contribution in [1.29, 1.82) is 0 Å². The van der Waals surface area contributed by atoms with Crippen LogP contribution >= 0.6 is 0 Å². The fourth-order valence-corrected chi connectivity index (χ4v) is 2.82. The van der Waals surface area contributed by atoms with Crippen LogP contribution in [-0.4, -0.2) is 26.4 Å². The third-order valence-corrected chi connectivity index (χ3v) is 4.23. The van der Waals surface area contributed by atoms with Crippen LogP contribution in [0.4, 0.5) is 0 Å². The molecule has 0 fully saturated rings. The summed E-state index contributed by atoms with van der Waals surface area (Å²) in [4.78, 5) is 0.0616. The summed E-state index contributed by atoms with van der Waals surface area (Å²) in [5.41, 5.74) is 1.50. The average molecular weight is 335 g/mol. The second kappa shape index (κ2) is 7.15. The van der Waals surface area contributed by atoms with Gasteiger partial charge in [-0.2, -0.15) is 8.42 Å². The predicted molar refractivity (Wildman–Crippen MR) is 86.0 cm³/mol. The molecule has 122 valence electrons. The molecule has 6 nitrogen and oxygen atoms in total. The van der Waals surface area contributed by atoms with Gasteiger partial charge in [-0.15, -0.1) is 0 Å². The molecule has 1 N–H and O–H groups in total. The molecule has 0 aliphatic rings. The van der Waals surface area contributed by atoms with Gasteiger partial charge in [0.2, 0.25) is 0 Å². The molecule has 0 amide bonds. The Kier molecular flexibility index (Phi) is 5.23. The van der Waals surface area contributed by atoms with Gasteiger partial charge in [0.15, 0.2) is 11.5 Å². The molecular formula is C16H17NO5S. The van der Waals surface area contributed by atoms with E-state index in [1.807, 2.05) is 6.92 Å². The van der Waals surface area contributed by atoms with E-state index < -0.39 is 10.1 Å². The minimum atomic E-state index is -3.96. The summed E-state index contributed by atoms with van der Waals surface area (Å²) in [5, 5.41) is 11.5. The van der Waals surface area contributed by atoms with E-state index in [4.69, 9.17) is 14.1 Å². The molecule has 2 rings (SSSR count). The van der Waals surface area contributed by atoms with Crippen molar-refractivity contribution in [2.24, 2.45) is 5.16 Å². The first kappa shape index (κ1) is 16.8. The summed E-state index contributed by atoms with van der Waals surface area (Å²) in [5.74, 6) is 0.322. The standard InChI is InChI=1S/C16H17NO5S/c1-3-21-16-10-13(11-17-18)6-9-15(16)22-23(19,20)14-7-4-12(2)5-8-14/h4-11,18H,3H2,1-2H3. The number of rotatable bonds is 6. The molecule has 2 aromatic rings. The van der Waals surface area contributed by atoms with E-state index in [2.05, 4.69) is 5.16 Å². The minimum absolute atomic E-state index is 0.0616. The van der Waals surface area contributed by atoms with E-state index in [-0.39, 0.29) is 16.4 Å². The highest BCUT2D eigenvalue weighted by Gasteiger charge is 2.19. The van der Waals surface area contributed by atoms with E-state index in [0.717, 1.165) is 5.56 Å². The van der Waals surface area contributed by atoms with Crippen molar-refractivity contribution in [2.45, 2.75) is 18.7 Å². The lowest BCUT2D eigenvalue weighted by molar-refractivity contribution is 0.321. The Morgan fingerprint density at radius 2 is 1.83 bits per heavy atom. The van der Waals surface area contributed by atoms with Crippen molar-refractivity contribution in [3.63, 3.8) is 0 Å². The van der Waals surface area contributed by atoms with Gasteiger partial charge in [-0.3, -0.25) is 0 Å². The van der Waals surface area contributed by atoms with Crippen LogP contribution in [0.15, 0.2) is 52.5 Å². The van der Waals surface area contributed by atoms with E-state index in [0.29, 0.717) is 12.2 Å². The van der Waals surface area contributed by atoms with Gasteiger partial charge in [0.25, 0.3) is 0 Å². The summed E-state index contributed by atoms with van der Waals surface area (Å²) in [7, 11) is -3.96. The zero-order valence-electron chi connectivity index (χ0n) is 12.8. The first-order chi connectivity index (χ1) is 11.0. The fraction of sp³-hybridized carbons (Fsp3) is 0.188. The summed E-state index contributed by atoms with van der Waals surface area (Å²) in [6.07, 6.45) is 1.21. The van der Waals surface area contributed by atoms with Gasteiger partial charge in [-0.25, -0.2) is 0 Å².